The molecule has 0 aromatic rings. The lowest BCUT2D eigenvalue weighted by atomic mass is 10.1. The Morgan fingerprint density at radius 1 is 0.679 bits per heavy atom. The van der Waals surface area contributed by atoms with Crippen LogP contribution in [0.2, 0.25) is 0 Å². The normalized spacial score (nSPS) is 13.7. The molecule has 0 radical (unpaired) electrons. The van der Waals surface area contributed by atoms with Crippen molar-refractivity contribution in [2.45, 2.75) is 129 Å². The van der Waals surface area contributed by atoms with Gasteiger partial charge in [0.15, 0.2) is 0 Å². The zero-order valence-electron chi connectivity index (χ0n) is 19.1. The van der Waals surface area contributed by atoms with Crippen molar-refractivity contribution in [2.24, 2.45) is 0 Å². The lowest BCUT2D eigenvalue weighted by Crippen LogP contribution is -2.29. The fraction of sp³-hybridized carbons (Fsp3) is 1.00. The van der Waals surface area contributed by atoms with Crippen LogP contribution in [0.1, 0.15) is 123 Å². The van der Waals surface area contributed by atoms with Crippen LogP contribution >= 0.6 is 0 Å². The Hall–Kier alpha value is 0.230. The van der Waals surface area contributed by atoms with Gasteiger partial charge in [-0.3, -0.25) is 0 Å². The first kappa shape index (κ1) is 28.2. The third kappa shape index (κ3) is 21.0. The lowest BCUT2D eigenvalue weighted by Gasteiger charge is -2.18. The topological polar surface area (TPSA) is 52.5 Å². The van der Waals surface area contributed by atoms with E-state index in [4.69, 9.17) is 4.74 Å². The van der Waals surface area contributed by atoms with E-state index < -0.39 is 11.2 Å². The monoisotopic (exact) mass is 418 g/mol. The second kappa shape index (κ2) is 23.5. The van der Waals surface area contributed by atoms with Crippen LogP contribution in [0.25, 0.3) is 0 Å². The zero-order chi connectivity index (χ0) is 20.7. The molecule has 170 valence electrons. The summed E-state index contributed by atoms with van der Waals surface area (Å²) in [4.78, 5) is 0. The molecular formula is C24H50O3S. The Morgan fingerprint density at radius 2 is 1.11 bits per heavy atom. The lowest BCUT2D eigenvalue weighted by molar-refractivity contribution is 0.0250. The van der Waals surface area contributed by atoms with E-state index in [1.807, 2.05) is 0 Å². The van der Waals surface area contributed by atoms with Gasteiger partial charge < -0.3 is 14.4 Å². The molecule has 0 fully saturated rings. The Morgan fingerprint density at radius 3 is 1.57 bits per heavy atom. The first-order valence-corrected chi connectivity index (χ1v) is 13.8. The average Bonchev–Trinajstić information content (AvgIpc) is 2.70. The molecule has 0 aliphatic heterocycles. The molecule has 0 saturated carbocycles. The van der Waals surface area contributed by atoms with Crippen molar-refractivity contribution in [1.29, 1.82) is 0 Å². The number of hydrogen-bond acceptors (Lipinski definition) is 3. The molecule has 0 amide bonds. The van der Waals surface area contributed by atoms with Crippen LogP contribution in [-0.2, 0) is 15.9 Å². The molecule has 2 unspecified atom stereocenters. The van der Waals surface area contributed by atoms with E-state index in [-0.39, 0.29) is 12.7 Å². The largest absolute Gasteiger partial charge is 0.616 e. The molecule has 0 rings (SSSR count). The average molecular weight is 419 g/mol. The first-order valence-electron chi connectivity index (χ1n) is 12.3. The first-order chi connectivity index (χ1) is 13.7. The third-order valence-corrected chi connectivity index (χ3v) is 6.89. The van der Waals surface area contributed by atoms with Gasteiger partial charge in [-0.15, -0.1) is 0 Å². The highest BCUT2D eigenvalue weighted by atomic mass is 32.2. The van der Waals surface area contributed by atoms with Crippen molar-refractivity contribution < 1.29 is 14.4 Å². The van der Waals surface area contributed by atoms with Crippen LogP contribution in [0.3, 0.4) is 0 Å². The Kier molecular flexibility index (Phi) is 23.7. The number of rotatable bonds is 23. The Balaban J connectivity index is 3.46. The van der Waals surface area contributed by atoms with Gasteiger partial charge in [0.1, 0.15) is 17.6 Å². The van der Waals surface area contributed by atoms with Gasteiger partial charge in [-0.2, -0.15) is 0 Å². The van der Waals surface area contributed by atoms with Crippen molar-refractivity contribution in [3.63, 3.8) is 0 Å². The molecule has 3 nitrogen and oxygen atoms in total. The maximum absolute atomic E-state index is 12.2. The number of aliphatic hydroxyl groups is 1. The summed E-state index contributed by atoms with van der Waals surface area (Å²) in [6.07, 6.45) is 21.6. The van der Waals surface area contributed by atoms with Crippen LogP contribution in [-0.4, -0.2) is 40.5 Å². The maximum Gasteiger partial charge on any atom is 0.133 e. The molecule has 0 heterocycles. The molecule has 0 aliphatic carbocycles. The minimum atomic E-state index is -0.860. The van der Waals surface area contributed by atoms with Crippen molar-refractivity contribution in [2.75, 3.05) is 24.7 Å². The smallest absolute Gasteiger partial charge is 0.133 e. The summed E-state index contributed by atoms with van der Waals surface area (Å²) in [5.74, 6) is 1.25. The van der Waals surface area contributed by atoms with E-state index in [1.165, 1.54) is 96.3 Å². The summed E-state index contributed by atoms with van der Waals surface area (Å²) < 4.78 is 18.0. The Labute approximate surface area is 179 Å². The molecule has 28 heavy (non-hydrogen) atoms. The summed E-state index contributed by atoms with van der Waals surface area (Å²) in [6, 6.07) is 0. The zero-order valence-corrected chi connectivity index (χ0v) is 19.9. The summed E-state index contributed by atoms with van der Waals surface area (Å²) in [5, 5.41) is 9.47. The number of aliphatic hydroxyl groups excluding tert-OH is 1. The molecule has 0 aromatic heterocycles. The van der Waals surface area contributed by atoms with Crippen LogP contribution in [0.4, 0.5) is 0 Å². The van der Waals surface area contributed by atoms with Crippen molar-refractivity contribution in [1.82, 2.24) is 0 Å². The predicted octanol–water partition coefficient (Wildman–Crippen LogP) is 6.78. The van der Waals surface area contributed by atoms with Gasteiger partial charge in [0, 0.05) is 6.61 Å². The van der Waals surface area contributed by atoms with Gasteiger partial charge in [-0.05, 0) is 19.3 Å². The summed E-state index contributed by atoms with van der Waals surface area (Å²) >= 11 is -0.860. The maximum atomic E-state index is 12.2. The summed E-state index contributed by atoms with van der Waals surface area (Å²) in [7, 11) is 0. The number of ether oxygens (including phenoxy) is 1. The van der Waals surface area contributed by atoms with E-state index in [9.17, 15) is 9.66 Å². The highest BCUT2D eigenvalue weighted by molar-refractivity contribution is 7.91. The molecule has 1 N–H and O–H groups in total. The SMILES string of the molecule is CCCCCCCCCCC[S+]([O-])CC(CO)OCCCCCCCCCC. The van der Waals surface area contributed by atoms with Crippen molar-refractivity contribution in [3.8, 4) is 0 Å². The molecule has 0 aromatic carbocycles. The van der Waals surface area contributed by atoms with Crippen molar-refractivity contribution in [3.05, 3.63) is 0 Å². The minimum absolute atomic E-state index is 0.0134. The van der Waals surface area contributed by atoms with Crippen LogP contribution in [0.15, 0.2) is 0 Å². The van der Waals surface area contributed by atoms with E-state index in [0.717, 1.165) is 18.6 Å². The fourth-order valence-electron chi connectivity index (χ4n) is 3.50. The van der Waals surface area contributed by atoms with E-state index in [2.05, 4.69) is 13.8 Å². The fourth-order valence-corrected chi connectivity index (χ4v) is 4.81. The summed E-state index contributed by atoms with van der Waals surface area (Å²) in [5.41, 5.74) is 0. The quantitative estimate of drug-likeness (QED) is 0.147. The summed E-state index contributed by atoms with van der Waals surface area (Å²) in [6.45, 7) is 5.18. The van der Waals surface area contributed by atoms with E-state index in [0.29, 0.717) is 12.4 Å². The van der Waals surface area contributed by atoms with E-state index in [1.54, 1.807) is 0 Å². The minimum Gasteiger partial charge on any atom is -0.616 e. The van der Waals surface area contributed by atoms with Gasteiger partial charge in [0.2, 0.25) is 0 Å². The molecule has 0 bridgehead atoms. The molecule has 0 saturated heterocycles. The van der Waals surface area contributed by atoms with Crippen molar-refractivity contribution >= 4 is 11.2 Å². The molecule has 0 aliphatic rings. The van der Waals surface area contributed by atoms with Crippen LogP contribution < -0.4 is 0 Å². The second-order valence-electron chi connectivity index (χ2n) is 8.29. The van der Waals surface area contributed by atoms with Gasteiger partial charge >= 0.3 is 0 Å². The molecular weight excluding hydrogens is 368 g/mol. The number of unbranched alkanes of at least 4 members (excludes halogenated alkanes) is 15. The van der Waals surface area contributed by atoms with Crippen LogP contribution in [0, 0.1) is 0 Å². The molecule has 2 atom stereocenters. The molecule has 0 spiro atoms. The van der Waals surface area contributed by atoms with E-state index >= 15 is 0 Å². The van der Waals surface area contributed by atoms with Gasteiger partial charge in [-0.25, -0.2) is 0 Å². The van der Waals surface area contributed by atoms with Gasteiger partial charge in [0.25, 0.3) is 0 Å². The Bertz CT molecular complexity index is 289. The second-order valence-corrected chi connectivity index (χ2v) is 9.91. The highest BCUT2D eigenvalue weighted by Gasteiger charge is 2.16. The third-order valence-electron chi connectivity index (χ3n) is 5.40. The van der Waals surface area contributed by atoms with Crippen LogP contribution in [0.5, 0.6) is 0 Å². The standard InChI is InChI=1S/C24H50O3S/c1-3-5-7-9-11-13-15-17-19-21-28(26)23-24(22-25)27-20-18-16-14-12-10-8-6-4-2/h24-25H,3-23H2,1-2H3. The van der Waals surface area contributed by atoms with Gasteiger partial charge in [-0.1, -0.05) is 115 Å². The van der Waals surface area contributed by atoms with Gasteiger partial charge in [0.05, 0.1) is 6.61 Å². The predicted molar refractivity (Wildman–Crippen MR) is 125 cm³/mol. The number of hydrogen-bond donors (Lipinski definition) is 1. The molecule has 4 heteroatoms. The highest BCUT2D eigenvalue weighted by Crippen LogP contribution is 2.12.